The van der Waals surface area contributed by atoms with Crippen LogP contribution in [0, 0.1) is 11.8 Å². The van der Waals surface area contributed by atoms with Crippen molar-refractivity contribution in [3.63, 3.8) is 0 Å². The van der Waals surface area contributed by atoms with Crippen LogP contribution in [0.25, 0.3) is 0 Å². The standard InChI is InChI=1S/C17H24BrN3O/c1-11-5-7-14(8-6-11)20-17(22)15-10-19-21-16(15)12-3-2-4-13(18)9-12/h2-4,9,11,14-16,19,21H,5-8,10H2,1H3,(H,20,22). The molecule has 5 heteroatoms. The van der Waals surface area contributed by atoms with E-state index in [9.17, 15) is 4.79 Å². The van der Waals surface area contributed by atoms with Crippen LogP contribution in [0.15, 0.2) is 28.7 Å². The topological polar surface area (TPSA) is 53.2 Å². The van der Waals surface area contributed by atoms with Gasteiger partial charge in [-0.2, -0.15) is 0 Å². The van der Waals surface area contributed by atoms with Gasteiger partial charge in [0.25, 0.3) is 0 Å². The van der Waals surface area contributed by atoms with Gasteiger partial charge in [-0.1, -0.05) is 35.0 Å². The number of carbonyl (C=O) groups is 1. The molecule has 1 amide bonds. The Balaban J connectivity index is 1.64. The molecule has 2 unspecified atom stereocenters. The predicted molar refractivity (Wildman–Crippen MR) is 91.1 cm³/mol. The smallest absolute Gasteiger partial charge is 0.226 e. The summed E-state index contributed by atoms with van der Waals surface area (Å²) in [6, 6.07) is 8.54. The fourth-order valence-electron chi connectivity index (χ4n) is 3.47. The fraction of sp³-hybridized carbons (Fsp3) is 0.588. The average Bonchev–Trinajstić information content (AvgIpc) is 2.99. The lowest BCUT2D eigenvalue weighted by atomic mass is 9.86. The van der Waals surface area contributed by atoms with Gasteiger partial charge in [0.1, 0.15) is 0 Å². The summed E-state index contributed by atoms with van der Waals surface area (Å²) < 4.78 is 1.04. The number of hydrogen-bond donors (Lipinski definition) is 3. The molecule has 2 fully saturated rings. The monoisotopic (exact) mass is 365 g/mol. The first-order chi connectivity index (χ1) is 10.6. The lowest BCUT2D eigenvalue weighted by molar-refractivity contribution is -0.125. The maximum atomic E-state index is 12.7. The van der Waals surface area contributed by atoms with Crippen LogP contribution in [0.4, 0.5) is 0 Å². The summed E-state index contributed by atoms with van der Waals surface area (Å²) in [5, 5.41) is 3.27. The summed E-state index contributed by atoms with van der Waals surface area (Å²) in [6.45, 7) is 2.97. The number of halogens is 1. The van der Waals surface area contributed by atoms with Gasteiger partial charge < -0.3 is 5.32 Å². The molecule has 1 saturated heterocycles. The highest BCUT2D eigenvalue weighted by Crippen LogP contribution is 2.28. The molecule has 0 bridgehead atoms. The highest BCUT2D eigenvalue weighted by atomic mass is 79.9. The van der Waals surface area contributed by atoms with Crippen molar-refractivity contribution >= 4 is 21.8 Å². The number of benzene rings is 1. The third kappa shape index (κ3) is 3.70. The van der Waals surface area contributed by atoms with Crippen LogP contribution in [-0.4, -0.2) is 18.5 Å². The number of carbonyl (C=O) groups excluding carboxylic acids is 1. The molecule has 4 nitrogen and oxygen atoms in total. The van der Waals surface area contributed by atoms with Crippen LogP contribution in [0.1, 0.15) is 44.2 Å². The molecule has 3 rings (SSSR count). The van der Waals surface area contributed by atoms with Crippen LogP contribution >= 0.6 is 15.9 Å². The van der Waals surface area contributed by atoms with Gasteiger partial charge in [-0.25, -0.2) is 5.43 Å². The fourth-order valence-corrected chi connectivity index (χ4v) is 3.89. The van der Waals surface area contributed by atoms with E-state index < -0.39 is 0 Å². The molecule has 1 aromatic rings. The third-order valence-electron chi connectivity index (χ3n) is 4.89. The second kappa shape index (κ2) is 7.11. The Kier molecular flexibility index (Phi) is 5.16. The Labute approximate surface area is 140 Å². The van der Waals surface area contributed by atoms with Crippen molar-refractivity contribution in [3.8, 4) is 0 Å². The van der Waals surface area contributed by atoms with Crippen molar-refractivity contribution in [2.45, 2.75) is 44.7 Å². The normalized spacial score (nSPS) is 31.9. The summed E-state index contributed by atoms with van der Waals surface area (Å²) in [6.07, 6.45) is 4.67. The summed E-state index contributed by atoms with van der Waals surface area (Å²) in [5.41, 5.74) is 7.52. The van der Waals surface area contributed by atoms with Crippen LogP contribution in [0.3, 0.4) is 0 Å². The molecule has 0 spiro atoms. The molecule has 1 aliphatic carbocycles. The molecule has 120 valence electrons. The van der Waals surface area contributed by atoms with Gasteiger partial charge >= 0.3 is 0 Å². The maximum Gasteiger partial charge on any atom is 0.226 e. The van der Waals surface area contributed by atoms with Gasteiger partial charge in [-0.15, -0.1) is 0 Å². The highest BCUT2D eigenvalue weighted by Gasteiger charge is 2.35. The number of nitrogens with one attached hydrogen (secondary N) is 3. The van der Waals surface area contributed by atoms with Crippen LogP contribution in [-0.2, 0) is 4.79 Å². The Morgan fingerprint density at radius 3 is 2.77 bits per heavy atom. The van der Waals surface area contributed by atoms with E-state index in [0.29, 0.717) is 12.6 Å². The molecule has 3 N–H and O–H groups in total. The van der Waals surface area contributed by atoms with Crippen LogP contribution < -0.4 is 16.2 Å². The molecule has 0 aromatic heterocycles. The van der Waals surface area contributed by atoms with E-state index in [1.807, 2.05) is 12.1 Å². The van der Waals surface area contributed by atoms with E-state index in [2.05, 4.69) is 51.2 Å². The zero-order valence-electron chi connectivity index (χ0n) is 12.9. The van der Waals surface area contributed by atoms with E-state index in [-0.39, 0.29) is 17.9 Å². The molecule has 1 heterocycles. The molecule has 1 aromatic carbocycles. The molecule has 2 aliphatic rings. The lowest BCUT2D eigenvalue weighted by Gasteiger charge is -2.28. The number of hydrazine groups is 1. The first kappa shape index (κ1) is 16.0. The summed E-state index contributed by atoms with van der Waals surface area (Å²) in [4.78, 5) is 12.7. The van der Waals surface area contributed by atoms with E-state index in [1.54, 1.807) is 0 Å². The summed E-state index contributed by atoms with van der Waals surface area (Å²) in [7, 11) is 0. The van der Waals surface area contributed by atoms with Gasteiger partial charge in [-0.3, -0.25) is 10.2 Å². The zero-order valence-corrected chi connectivity index (χ0v) is 14.5. The average molecular weight is 366 g/mol. The molecule has 22 heavy (non-hydrogen) atoms. The van der Waals surface area contributed by atoms with Gasteiger partial charge in [0, 0.05) is 17.1 Å². The SMILES string of the molecule is CC1CCC(NC(=O)C2CNNC2c2cccc(Br)c2)CC1. The van der Waals surface area contributed by atoms with E-state index in [4.69, 9.17) is 0 Å². The minimum absolute atomic E-state index is 0.0278. The largest absolute Gasteiger partial charge is 0.353 e. The van der Waals surface area contributed by atoms with Crippen LogP contribution in [0.5, 0.6) is 0 Å². The molecule has 2 atom stereocenters. The number of amides is 1. The Bertz CT molecular complexity index is 528. The second-order valence-electron chi connectivity index (χ2n) is 6.63. The van der Waals surface area contributed by atoms with Crippen molar-refractivity contribution < 1.29 is 4.79 Å². The van der Waals surface area contributed by atoms with Crippen molar-refractivity contribution in [1.29, 1.82) is 0 Å². The minimum Gasteiger partial charge on any atom is -0.353 e. The summed E-state index contributed by atoms with van der Waals surface area (Å²) >= 11 is 3.50. The lowest BCUT2D eigenvalue weighted by Crippen LogP contribution is -2.42. The van der Waals surface area contributed by atoms with E-state index in [1.165, 1.54) is 12.8 Å². The van der Waals surface area contributed by atoms with Crippen molar-refractivity contribution in [2.75, 3.05) is 6.54 Å². The molecule has 0 radical (unpaired) electrons. The predicted octanol–water partition coefficient (Wildman–Crippen LogP) is 2.91. The van der Waals surface area contributed by atoms with Crippen molar-refractivity contribution in [3.05, 3.63) is 34.3 Å². The Hall–Kier alpha value is -0.910. The minimum atomic E-state index is -0.0614. The molecular weight excluding hydrogens is 342 g/mol. The van der Waals surface area contributed by atoms with E-state index in [0.717, 1.165) is 28.8 Å². The van der Waals surface area contributed by atoms with Gasteiger partial charge in [0.15, 0.2) is 0 Å². The Morgan fingerprint density at radius 2 is 2.05 bits per heavy atom. The van der Waals surface area contributed by atoms with Crippen molar-refractivity contribution in [1.82, 2.24) is 16.2 Å². The zero-order chi connectivity index (χ0) is 15.5. The first-order valence-electron chi connectivity index (χ1n) is 8.17. The third-order valence-corrected chi connectivity index (χ3v) is 5.38. The summed E-state index contributed by atoms with van der Waals surface area (Å²) in [5.74, 6) is 0.910. The number of rotatable bonds is 3. The highest BCUT2D eigenvalue weighted by molar-refractivity contribution is 9.10. The van der Waals surface area contributed by atoms with Crippen LogP contribution in [0.2, 0.25) is 0 Å². The van der Waals surface area contributed by atoms with Gasteiger partial charge in [0.05, 0.1) is 12.0 Å². The first-order valence-corrected chi connectivity index (χ1v) is 8.97. The van der Waals surface area contributed by atoms with Gasteiger partial charge in [-0.05, 0) is 49.3 Å². The molecule has 1 saturated carbocycles. The quantitative estimate of drug-likeness (QED) is 0.771. The molecule has 1 aliphatic heterocycles. The van der Waals surface area contributed by atoms with Gasteiger partial charge in [0.2, 0.25) is 5.91 Å². The Morgan fingerprint density at radius 1 is 1.27 bits per heavy atom. The second-order valence-corrected chi connectivity index (χ2v) is 7.55. The number of hydrogen-bond acceptors (Lipinski definition) is 3. The molecular formula is C17H24BrN3O. The van der Waals surface area contributed by atoms with E-state index >= 15 is 0 Å². The maximum absolute atomic E-state index is 12.7. The van der Waals surface area contributed by atoms with Crippen molar-refractivity contribution in [2.24, 2.45) is 11.8 Å².